The Morgan fingerprint density at radius 3 is 2.24 bits per heavy atom. The van der Waals surface area contributed by atoms with Gasteiger partial charge in [0.05, 0.1) is 26.7 Å². The molecule has 1 heterocycles. The monoisotopic (exact) mass is 396 g/mol. The van der Waals surface area contributed by atoms with Crippen LogP contribution in [0.25, 0.3) is 0 Å². The minimum Gasteiger partial charge on any atom is -0.497 e. The lowest BCUT2D eigenvalue weighted by Crippen LogP contribution is -3.13. The molecule has 1 fully saturated rings. The van der Waals surface area contributed by atoms with Crippen molar-refractivity contribution < 1.29 is 19.2 Å². The van der Waals surface area contributed by atoms with E-state index in [-0.39, 0.29) is 17.9 Å². The molecule has 0 spiro atoms. The quantitative estimate of drug-likeness (QED) is 0.672. The van der Waals surface area contributed by atoms with Crippen LogP contribution in [-0.4, -0.2) is 38.6 Å². The third kappa shape index (κ3) is 5.81. The van der Waals surface area contributed by atoms with Crippen LogP contribution in [-0.2, 0) is 4.79 Å². The predicted octanol–water partition coefficient (Wildman–Crippen LogP) is 2.19. The summed E-state index contributed by atoms with van der Waals surface area (Å²) >= 11 is 0. The molecule has 154 valence electrons. The Labute approximate surface area is 172 Å². The van der Waals surface area contributed by atoms with Gasteiger partial charge in [0.2, 0.25) is 5.91 Å². The molecule has 3 rings (SSSR count). The Kier molecular flexibility index (Phi) is 7.25. The van der Waals surface area contributed by atoms with Gasteiger partial charge in [-0.2, -0.15) is 0 Å². The van der Waals surface area contributed by atoms with Crippen molar-refractivity contribution in [1.82, 2.24) is 5.32 Å². The van der Waals surface area contributed by atoms with E-state index in [1.807, 2.05) is 12.1 Å². The fourth-order valence-corrected chi connectivity index (χ4v) is 3.89. The van der Waals surface area contributed by atoms with E-state index >= 15 is 0 Å². The first-order valence-electron chi connectivity index (χ1n) is 10.2. The van der Waals surface area contributed by atoms with Gasteiger partial charge in [0.15, 0.2) is 0 Å². The predicted molar refractivity (Wildman–Crippen MR) is 113 cm³/mol. The van der Waals surface area contributed by atoms with Gasteiger partial charge in [-0.15, -0.1) is 0 Å². The van der Waals surface area contributed by atoms with Gasteiger partial charge in [-0.3, -0.25) is 9.59 Å². The van der Waals surface area contributed by atoms with Crippen LogP contribution in [0.15, 0.2) is 48.5 Å². The lowest BCUT2D eigenvalue weighted by atomic mass is 10.0. The highest BCUT2D eigenvalue weighted by Crippen LogP contribution is 2.17. The number of hydrogen-bond acceptors (Lipinski definition) is 3. The maximum Gasteiger partial charge on any atom is 0.251 e. The van der Waals surface area contributed by atoms with Crippen molar-refractivity contribution in [2.75, 3.05) is 32.1 Å². The van der Waals surface area contributed by atoms with Crippen molar-refractivity contribution in [3.8, 4) is 5.75 Å². The zero-order valence-electron chi connectivity index (χ0n) is 17.2. The minimum atomic E-state index is -0.131. The summed E-state index contributed by atoms with van der Waals surface area (Å²) in [5.74, 6) is 0.604. The molecule has 1 saturated heterocycles. The second-order valence-electron chi connectivity index (χ2n) is 7.51. The Morgan fingerprint density at radius 1 is 1.00 bits per heavy atom. The maximum atomic E-state index is 12.7. The van der Waals surface area contributed by atoms with E-state index in [1.54, 1.807) is 31.4 Å². The summed E-state index contributed by atoms with van der Waals surface area (Å²) in [6.07, 6.45) is 3.73. The second-order valence-corrected chi connectivity index (χ2v) is 7.51. The molecule has 0 bridgehead atoms. The number of rotatable bonds is 7. The molecule has 6 heteroatoms. The number of likely N-dealkylation sites (tertiary alicyclic amines) is 1. The van der Waals surface area contributed by atoms with Crippen LogP contribution in [0.2, 0.25) is 0 Å². The number of anilines is 1. The summed E-state index contributed by atoms with van der Waals surface area (Å²) in [5, 5.41) is 5.82. The lowest BCUT2D eigenvalue weighted by Gasteiger charge is -2.32. The summed E-state index contributed by atoms with van der Waals surface area (Å²) < 4.78 is 5.28. The smallest absolute Gasteiger partial charge is 0.251 e. The van der Waals surface area contributed by atoms with Crippen molar-refractivity contribution in [2.45, 2.75) is 32.2 Å². The highest BCUT2D eigenvalue weighted by molar-refractivity contribution is 5.95. The molecule has 0 saturated carbocycles. The van der Waals surface area contributed by atoms with Gasteiger partial charge < -0.3 is 20.3 Å². The summed E-state index contributed by atoms with van der Waals surface area (Å²) in [5.41, 5.74) is 2.48. The third-order valence-corrected chi connectivity index (χ3v) is 5.44. The lowest BCUT2D eigenvalue weighted by molar-refractivity contribution is -0.935. The molecule has 0 radical (unpaired) electrons. The number of piperidine rings is 1. The number of carbonyl (C=O) groups is 2. The van der Waals surface area contributed by atoms with Crippen LogP contribution in [0, 0.1) is 0 Å². The number of carbonyl (C=O) groups excluding carboxylic acids is 2. The average Bonchev–Trinajstić information content (AvgIpc) is 2.75. The fraction of sp³-hybridized carbons (Fsp3) is 0.391. The molecule has 1 atom stereocenters. The largest absolute Gasteiger partial charge is 0.497 e. The van der Waals surface area contributed by atoms with Crippen molar-refractivity contribution in [3.05, 3.63) is 59.7 Å². The van der Waals surface area contributed by atoms with E-state index in [2.05, 4.69) is 22.8 Å². The van der Waals surface area contributed by atoms with Gasteiger partial charge in [0.1, 0.15) is 11.8 Å². The number of nitrogens with one attached hydrogen (secondary N) is 3. The summed E-state index contributed by atoms with van der Waals surface area (Å²) in [4.78, 5) is 25.3. The summed E-state index contributed by atoms with van der Waals surface area (Å²) in [6.45, 7) is 4.28. The van der Waals surface area contributed by atoms with Crippen LogP contribution < -0.4 is 20.3 Å². The first kappa shape index (κ1) is 20.9. The SMILES string of the molecule is COc1ccc([C@@H](CNC(=O)c2ccc(NC(C)=O)cc2)[NH+]2CCCCC2)cc1. The van der Waals surface area contributed by atoms with E-state index in [0.717, 1.165) is 18.8 Å². The van der Waals surface area contributed by atoms with Crippen molar-refractivity contribution >= 4 is 17.5 Å². The van der Waals surface area contributed by atoms with Crippen LogP contribution in [0.5, 0.6) is 5.75 Å². The van der Waals surface area contributed by atoms with E-state index < -0.39 is 0 Å². The number of quaternary nitrogens is 1. The standard InChI is InChI=1S/C23H29N3O3/c1-17(27)25-20-10-6-19(7-11-20)23(28)24-16-22(26-14-4-3-5-15-26)18-8-12-21(29-2)13-9-18/h6-13,22H,3-5,14-16H2,1-2H3,(H,24,28)(H,25,27)/p+1/t22-/m1/s1. The van der Waals surface area contributed by atoms with E-state index in [0.29, 0.717) is 17.8 Å². The highest BCUT2D eigenvalue weighted by atomic mass is 16.5. The van der Waals surface area contributed by atoms with Gasteiger partial charge in [-0.1, -0.05) is 0 Å². The zero-order valence-corrected chi connectivity index (χ0v) is 17.2. The van der Waals surface area contributed by atoms with Crippen LogP contribution in [0.4, 0.5) is 5.69 Å². The van der Waals surface area contributed by atoms with Gasteiger partial charge in [0.25, 0.3) is 5.91 Å². The summed E-state index contributed by atoms with van der Waals surface area (Å²) in [7, 11) is 1.67. The molecule has 6 nitrogen and oxygen atoms in total. The second kappa shape index (κ2) is 10.1. The molecule has 2 amide bonds. The molecule has 0 aliphatic carbocycles. The van der Waals surface area contributed by atoms with Crippen molar-refractivity contribution in [1.29, 1.82) is 0 Å². The first-order valence-corrected chi connectivity index (χ1v) is 10.2. The maximum absolute atomic E-state index is 12.7. The first-order chi connectivity index (χ1) is 14.1. The topological polar surface area (TPSA) is 71.9 Å². The molecule has 2 aromatic rings. The number of hydrogen-bond donors (Lipinski definition) is 3. The van der Waals surface area contributed by atoms with Crippen LogP contribution in [0.1, 0.15) is 48.1 Å². The average molecular weight is 397 g/mol. The number of benzene rings is 2. The van der Waals surface area contributed by atoms with E-state index in [1.165, 1.54) is 36.6 Å². The molecule has 0 unspecified atom stereocenters. The molecule has 29 heavy (non-hydrogen) atoms. The van der Waals surface area contributed by atoms with Gasteiger partial charge in [-0.05, 0) is 67.8 Å². The number of ether oxygens (including phenoxy) is 1. The van der Waals surface area contributed by atoms with Gasteiger partial charge in [-0.25, -0.2) is 0 Å². The van der Waals surface area contributed by atoms with Crippen molar-refractivity contribution in [3.63, 3.8) is 0 Å². The van der Waals surface area contributed by atoms with E-state index in [9.17, 15) is 9.59 Å². The minimum absolute atomic E-state index is 0.103. The fourth-order valence-electron chi connectivity index (χ4n) is 3.89. The van der Waals surface area contributed by atoms with Crippen LogP contribution >= 0.6 is 0 Å². The normalized spacial score (nSPS) is 15.4. The van der Waals surface area contributed by atoms with Crippen molar-refractivity contribution in [2.24, 2.45) is 0 Å². The third-order valence-electron chi connectivity index (χ3n) is 5.44. The molecule has 3 N–H and O–H groups in total. The Morgan fingerprint density at radius 2 is 1.66 bits per heavy atom. The Balaban J connectivity index is 1.68. The number of amides is 2. The molecule has 1 aliphatic heterocycles. The molecule has 1 aliphatic rings. The van der Waals surface area contributed by atoms with Gasteiger partial charge >= 0.3 is 0 Å². The summed E-state index contributed by atoms with van der Waals surface area (Å²) in [6, 6.07) is 15.3. The zero-order chi connectivity index (χ0) is 20.6. The highest BCUT2D eigenvalue weighted by Gasteiger charge is 2.26. The number of methoxy groups -OCH3 is 1. The van der Waals surface area contributed by atoms with Crippen LogP contribution in [0.3, 0.4) is 0 Å². The molecule has 0 aromatic heterocycles. The molecule has 2 aromatic carbocycles. The van der Waals surface area contributed by atoms with Gasteiger partial charge in [0, 0.05) is 23.7 Å². The molecular weight excluding hydrogens is 366 g/mol. The Bertz CT molecular complexity index is 812. The molecular formula is C23H30N3O3+. The van der Waals surface area contributed by atoms with E-state index in [4.69, 9.17) is 4.74 Å². The Hall–Kier alpha value is -2.86.